The van der Waals surface area contributed by atoms with Crippen molar-refractivity contribution in [3.8, 4) is 11.1 Å². The molecule has 5 heteroatoms. The average Bonchev–Trinajstić information content (AvgIpc) is 2.99. The van der Waals surface area contributed by atoms with Crippen LogP contribution in [0.25, 0.3) is 11.1 Å². The van der Waals surface area contributed by atoms with Crippen LogP contribution < -0.4 is 5.73 Å². The molecule has 0 radical (unpaired) electrons. The number of carbonyl (C=O) groups excluding carboxylic acids is 1. The van der Waals surface area contributed by atoms with Gasteiger partial charge in [-0.2, -0.15) is 0 Å². The summed E-state index contributed by atoms with van der Waals surface area (Å²) in [6.07, 6.45) is 0.271. The molecule has 5 nitrogen and oxygen atoms in total. The van der Waals surface area contributed by atoms with Crippen LogP contribution in [0.1, 0.15) is 61.4 Å². The van der Waals surface area contributed by atoms with Gasteiger partial charge in [0.15, 0.2) is 5.76 Å². The maximum absolute atomic E-state index is 12.0. The minimum Gasteiger partial charge on any atom is -0.358 e. The van der Waals surface area contributed by atoms with E-state index in [0.29, 0.717) is 5.76 Å². The molecule has 2 heterocycles. The van der Waals surface area contributed by atoms with E-state index in [1.165, 1.54) is 0 Å². The Bertz CT molecular complexity index is 1100. The van der Waals surface area contributed by atoms with E-state index in [2.05, 4.69) is 17.3 Å². The van der Waals surface area contributed by atoms with Gasteiger partial charge in [-0.3, -0.25) is 9.79 Å². The Kier molecular flexibility index (Phi) is 4.71. The van der Waals surface area contributed by atoms with Gasteiger partial charge in [-0.25, -0.2) is 0 Å². The number of benzene rings is 2. The molecule has 1 atom stereocenters. The van der Waals surface area contributed by atoms with Gasteiger partial charge >= 0.3 is 0 Å². The Morgan fingerprint density at radius 1 is 1.10 bits per heavy atom. The zero-order valence-electron chi connectivity index (χ0n) is 17.2. The first kappa shape index (κ1) is 19.3. The summed E-state index contributed by atoms with van der Waals surface area (Å²) >= 11 is 0. The smallest absolute Gasteiger partial charge is 0.169 e. The topological polar surface area (TPSA) is 81.5 Å². The number of aliphatic imine (C=N–C) groups is 1. The highest BCUT2D eigenvalue weighted by Gasteiger charge is 2.30. The third-order valence-corrected chi connectivity index (χ3v) is 5.31. The van der Waals surface area contributed by atoms with Gasteiger partial charge in [-0.15, -0.1) is 0 Å². The molecule has 0 saturated carbocycles. The van der Waals surface area contributed by atoms with Crippen molar-refractivity contribution in [2.75, 3.05) is 0 Å². The second-order valence-electron chi connectivity index (χ2n) is 8.25. The average molecular weight is 387 g/mol. The fourth-order valence-electron chi connectivity index (χ4n) is 3.83. The molecule has 2 N–H and O–H groups in total. The summed E-state index contributed by atoms with van der Waals surface area (Å²) < 4.78 is 5.66. The first-order valence-corrected chi connectivity index (χ1v) is 9.78. The van der Waals surface area contributed by atoms with Crippen LogP contribution in [0.2, 0.25) is 0 Å². The van der Waals surface area contributed by atoms with E-state index in [-0.39, 0.29) is 12.2 Å². The summed E-state index contributed by atoms with van der Waals surface area (Å²) in [5.41, 5.74) is 12.5. The van der Waals surface area contributed by atoms with Gasteiger partial charge in [-0.05, 0) is 38.8 Å². The van der Waals surface area contributed by atoms with Gasteiger partial charge in [0.25, 0.3) is 0 Å². The number of fused-ring (bicyclic) bond motifs is 3. The molecule has 1 aliphatic heterocycles. The molecule has 0 spiro atoms. The zero-order chi connectivity index (χ0) is 20.8. The number of hydrogen-bond donors (Lipinski definition) is 1. The highest BCUT2D eigenvalue weighted by molar-refractivity contribution is 6.17. The molecule has 0 saturated heterocycles. The number of rotatable bonds is 4. The summed E-state index contributed by atoms with van der Waals surface area (Å²) in [5, 5.41) is 4.16. The molecule has 3 aromatic rings. The molecule has 0 bridgehead atoms. The third-order valence-electron chi connectivity index (χ3n) is 5.31. The summed E-state index contributed by atoms with van der Waals surface area (Å²) in [4.78, 5) is 17.0. The van der Waals surface area contributed by atoms with Crippen LogP contribution in [-0.2, 0) is 10.3 Å². The molecule has 148 valence electrons. The number of aryl methyl sites for hydroxylation is 1. The minimum atomic E-state index is -0.414. The van der Waals surface area contributed by atoms with Crippen molar-refractivity contribution in [1.82, 2.24) is 5.16 Å². The highest BCUT2D eigenvalue weighted by atomic mass is 16.5. The van der Waals surface area contributed by atoms with Crippen LogP contribution in [0.5, 0.6) is 0 Å². The van der Waals surface area contributed by atoms with Crippen molar-refractivity contribution in [2.45, 2.75) is 45.7 Å². The second-order valence-corrected chi connectivity index (χ2v) is 8.25. The predicted octanol–water partition coefficient (Wildman–Crippen LogP) is 4.72. The van der Waals surface area contributed by atoms with Crippen LogP contribution in [0.15, 0.2) is 58.0 Å². The van der Waals surface area contributed by atoms with Gasteiger partial charge < -0.3 is 10.3 Å². The van der Waals surface area contributed by atoms with Crippen LogP contribution in [0.3, 0.4) is 0 Å². The van der Waals surface area contributed by atoms with Crippen LogP contribution >= 0.6 is 0 Å². The fraction of sp³-hybridized carbons (Fsp3) is 0.292. The highest BCUT2D eigenvalue weighted by Crippen LogP contribution is 2.40. The lowest BCUT2D eigenvalue weighted by Crippen LogP contribution is -2.28. The lowest BCUT2D eigenvalue weighted by Gasteiger charge is -2.20. The first-order chi connectivity index (χ1) is 13.8. The maximum atomic E-state index is 12.0. The lowest BCUT2D eigenvalue weighted by molar-refractivity contribution is -0.117. The third kappa shape index (κ3) is 3.54. The van der Waals surface area contributed by atoms with Gasteiger partial charge in [0, 0.05) is 23.1 Å². The molecule has 2 aromatic carbocycles. The summed E-state index contributed by atoms with van der Waals surface area (Å²) in [6, 6.07) is 15.9. The van der Waals surface area contributed by atoms with Crippen molar-refractivity contribution in [1.29, 1.82) is 0 Å². The first-order valence-electron chi connectivity index (χ1n) is 9.78. The molecule has 0 unspecified atom stereocenters. The van der Waals surface area contributed by atoms with Gasteiger partial charge in [0.05, 0.1) is 17.0 Å². The fourth-order valence-corrected chi connectivity index (χ4v) is 3.83. The standard InChI is InChI=1S/C24H25N3O2/c1-14(28)13-20-23-21(15(2)27-29-23)18-7-5-6-8-19(18)22(26-20)16-9-11-17(12-10-16)24(3,4)25/h5-12,20H,13,25H2,1-4H3/t20-/m0/s1. The van der Waals surface area contributed by atoms with E-state index < -0.39 is 11.6 Å². The number of Topliss-reactive ketones (excluding diaryl/α,β-unsaturated/α-hetero) is 1. The van der Waals surface area contributed by atoms with Crippen LogP contribution in [0, 0.1) is 6.92 Å². The second kappa shape index (κ2) is 7.08. The molecule has 0 amide bonds. The maximum Gasteiger partial charge on any atom is 0.169 e. The number of hydrogen-bond acceptors (Lipinski definition) is 5. The largest absolute Gasteiger partial charge is 0.358 e. The van der Waals surface area contributed by atoms with Gasteiger partial charge in [0.2, 0.25) is 0 Å². The van der Waals surface area contributed by atoms with Crippen molar-refractivity contribution < 1.29 is 9.32 Å². The van der Waals surface area contributed by atoms with Crippen molar-refractivity contribution in [3.63, 3.8) is 0 Å². The molecule has 0 aliphatic carbocycles. The van der Waals surface area contributed by atoms with Gasteiger partial charge in [0.1, 0.15) is 11.8 Å². The van der Waals surface area contributed by atoms with Gasteiger partial charge in [-0.1, -0.05) is 53.7 Å². The molecular formula is C24H25N3O2. The van der Waals surface area contributed by atoms with E-state index in [0.717, 1.165) is 39.2 Å². The van der Waals surface area contributed by atoms with E-state index >= 15 is 0 Å². The Morgan fingerprint density at radius 3 is 2.38 bits per heavy atom. The number of aromatic nitrogens is 1. The number of nitrogens with two attached hydrogens (primary N) is 1. The monoisotopic (exact) mass is 387 g/mol. The Balaban J connectivity index is 1.93. The zero-order valence-corrected chi connectivity index (χ0v) is 17.2. The molecular weight excluding hydrogens is 362 g/mol. The minimum absolute atomic E-state index is 0.0595. The quantitative estimate of drug-likeness (QED) is 0.702. The van der Waals surface area contributed by atoms with E-state index in [1.807, 2.05) is 57.2 Å². The Morgan fingerprint density at radius 2 is 1.76 bits per heavy atom. The van der Waals surface area contributed by atoms with E-state index in [4.69, 9.17) is 15.2 Å². The summed E-state index contributed by atoms with van der Waals surface area (Å²) in [7, 11) is 0. The SMILES string of the molecule is CC(=O)C[C@@H]1N=C(c2ccc(C(C)(C)N)cc2)c2ccccc2-c2c(C)noc21. The predicted molar refractivity (Wildman–Crippen MR) is 114 cm³/mol. The molecule has 1 aromatic heterocycles. The summed E-state index contributed by atoms with van der Waals surface area (Å²) in [6.45, 7) is 7.47. The van der Waals surface area contributed by atoms with E-state index in [1.54, 1.807) is 6.92 Å². The summed E-state index contributed by atoms with van der Waals surface area (Å²) in [5.74, 6) is 0.712. The Hall–Kier alpha value is -3.05. The Labute approximate surface area is 170 Å². The molecule has 4 rings (SSSR count). The normalized spacial score (nSPS) is 15.9. The van der Waals surface area contributed by atoms with Crippen molar-refractivity contribution >= 4 is 11.5 Å². The number of carbonyl (C=O) groups is 1. The van der Waals surface area contributed by atoms with Crippen molar-refractivity contribution in [2.24, 2.45) is 10.7 Å². The van der Waals surface area contributed by atoms with E-state index in [9.17, 15) is 4.79 Å². The van der Waals surface area contributed by atoms with Crippen LogP contribution in [-0.4, -0.2) is 16.7 Å². The molecule has 0 fully saturated rings. The molecule has 1 aliphatic rings. The van der Waals surface area contributed by atoms with Crippen molar-refractivity contribution in [3.05, 3.63) is 76.7 Å². The number of ketones is 1. The number of nitrogens with zero attached hydrogens (tertiary/aromatic N) is 2. The molecule has 29 heavy (non-hydrogen) atoms. The lowest BCUT2D eigenvalue weighted by atomic mass is 9.90. The van der Waals surface area contributed by atoms with Crippen LogP contribution in [0.4, 0.5) is 0 Å².